The highest BCUT2D eigenvalue weighted by molar-refractivity contribution is 5.79. The molecule has 1 aliphatic rings. The molecule has 0 unspecified atom stereocenters. The van der Waals surface area contributed by atoms with Crippen molar-refractivity contribution in [3.63, 3.8) is 0 Å². The molecule has 0 fully saturated rings. The summed E-state index contributed by atoms with van der Waals surface area (Å²) in [6.07, 6.45) is 4.49. The van der Waals surface area contributed by atoms with Crippen molar-refractivity contribution >= 4 is 12.2 Å². The van der Waals surface area contributed by atoms with Gasteiger partial charge in [0.05, 0.1) is 0 Å². The Morgan fingerprint density at radius 1 is 0.609 bits per heavy atom. The van der Waals surface area contributed by atoms with Crippen LogP contribution in [-0.2, 0) is 5.41 Å². The van der Waals surface area contributed by atoms with Crippen LogP contribution >= 0.6 is 0 Å². The summed E-state index contributed by atoms with van der Waals surface area (Å²) in [5.74, 6) is 0. The second-order valence-corrected chi connectivity index (χ2v) is 6.50. The lowest BCUT2D eigenvalue weighted by Gasteiger charge is -2.33. The highest BCUT2D eigenvalue weighted by Crippen LogP contribution is 2.44. The van der Waals surface area contributed by atoms with Crippen molar-refractivity contribution in [1.29, 1.82) is 0 Å². The SMILES string of the molecule is Cc1ccc(C2(C)c3ccccc3C=Cc3ccccc32)cc1. The molecule has 0 heterocycles. The Morgan fingerprint density at radius 3 is 1.61 bits per heavy atom. The Bertz CT molecular complexity index is 832. The topological polar surface area (TPSA) is 0 Å². The summed E-state index contributed by atoms with van der Waals surface area (Å²) in [4.78, 5) is 0. The zero-order valence-electron chi connectivity index (χ0n) is 13.6. The van der Waals surface area contributed by atoms with Crippen molar-refractivity contribution in [1.82, 2.24) is 0 Å². The third-order valence-corrected chi connectivity index (χ3v) is 5.07. The molecule has 1 aliphatic carbocycles. The smallest absolute Gasteiger partial charge is 0.0435 e. The maximum Gasteiger partial charge on any atom is 0.0435 e. The van der Waals surface area contributed by atoms with Gasteiger partial charge in [-0.3, -0.25) is 0 Å². The molecule has 0 heteroatoms. The second kappa shape index (κ2) is 5.24. The summed E-state index contributed by atoms with van der Waals surface area (Å²) >= 11 is 0. The van der Waals surface area contributed by atoms with Gasteiger partial charge in [-0.1, -0.05) is 90.5 Å². The molecule has 0 N–H and O–H groups in total. The van der Waals surface area contributed by atoms with E-state index in [-0.39, 0.29) is 5.41 Å². The minimum Gasteiger partial charge on any atom is -0.0619 e. The molecule has 23 heavy (non-hydrogen) atoms. The molecule has 0 aliphatic heterocycles. The summed E-state index contributed by atoms with van der Waals surface area (Å²) in [7, 11) is 0. The molecule has 3 aromatic rings. The first-order chi connectivity index (χ1) is 11.2. The number of rotatable bonds is 1. The summed E-state index contributed by atoms with van der Waals surface area (Å²) in [6, 6.07) is 26.5. The molecule has 0 atom stereocenters. The quantitative estimate of drug-likeness (QED) is 0.529. The molecule has 0 amide bonds. The Labute approximate surface area is 138 Å². The zero-order valence-corrected chi connectivity index (χ0v) is 13.6. The van der Waals surface area contributed by atoms with Gasteiger partial charge in [0.25, 0.3) is 0 Å². The van der Waals surface area contributed by atoms with Gasteiger partial charge in [-0.2, -0.15) is 0 Å². The largest absolute Gasteiger partial charge is 0.0619 e. The fourth-order valence-electron chi connectivity index (χ4n) is 3.72. The maximum absolute atomic E-state index is 2.35. The van der Waals surface area contributed by atoms with Gasteiger partial charge in [0.1, 0.15) is 0 Å². The van der Waals surface area contributed by atoms with E-state index in [1.807, 2.05) is 0 Å². The Morgan fingerprint density at radius 2 is 1.09 bits per heavy atom. The van der Waals surface area contributed by atoms with E-state index in [0.29, 0.717) is 0 Å². The van der Waals surface area contributed by atoms with Crippen LogP contribution in [0.2, 0.25) is 0 Å². The van der Waals surface area contributed by atoms with Crippen LogP contribution in [0.15, 0.2) is 72.8 Å². The van der Waals surface area contributed by atoms with Crippen molar-refractivity contribution in [3.05, 3.63) is 106 Å². The first kappa shape index (κ1) is 14.0. The van der Waals surface area contributed by atoms with Crippen LogP contribution in [-0.4, -0.2) is 0 Å². The maximum atomic E-state index is 2.35. The van der Waals surface area contributed by atoms with Crippen LogP contribution < -0.4 is 0 Å². The average molecular weight is 296 g/mol. The minimum absolute atomic E-state index is 0.148. The molecule has 0 spiro atoms. The lowest BCUT2D eigenvalue weighted by molar-refractivity contribution is 0.690. The molecule has 0 saturated heterocycles. The molecule has 0 bridgehead atoms. The number of hydrogen-bond acceptors (Lipinski definition) is 0. The van der Waals surface area contributed by atoms with Crippen molar-refractivity contribution in [3.8, 4) is 0 Å². The highest BCUT2D eigenvalue weighted by Gasteiger charge is 2.35. The summed E-state index contributed by atoms with van der Waals surface area (Å²) in [5, 5.41) is 0. The van der Waals surface area contributed by atoms with Crippen molar-refractivity contribution in [2.45, 2.75) is 19.3 Å². The lowest BCUT2D eigenvalue weighted by atomic mass is 9.69. The van der Waals surface area contributed by atoms with Crippen LogP contribution in [0.5, 0.6) is 0 Å². The third-order valence-electron chi connectivity index (χ3n) is 5.07. The van der Waals surface area contributed by atoms with E-state index < -0.39 is 0 Å². The predicted molar refractivity (Wildman–Crippen MR) is 98.5 cm³/mol. The van der Waals surface area contributed by atoms with Gasteiger partial charge in [-0.25, -0.2) is 0 Å². The fraction of sp³-hybridized carbons (Fsp3) is 0.130. The normalized spacial score (nSPS) is 14.7. The molecule has 0 radical (unpaired) electrons. The molecule has 0 aromatic heterocycles. The first-order valence-corrected chi connectivity index (χ1v) is 8.14. The third kappa shape index (κ3) is 2.14. The predicted octanol–water partition coefficient (Wildman–Crippen LogP) is 5.83. The van der Waals surface area contributed by atoms with Gasteiger partial charge >= 0.3 is 0 Å². The average Bonchev–Trinajstić information content (AvgIpc) is 2.72. The number of aryl methyl sites for hydroxylation is 1. The van der Waals surface area contributed by atoms with Gasteiger partial charge in [-0.15, -0.1) is 0 Å². The fourth-order valence-corrected chi connectivity index (χ4v) is 3.72. The molecule has 112 valence electrons. The number of benzene rings is 3. The minimum atomic E-state index is -0.148. The van der Waals surface area contributed by atoms with Crippen LogP contribution in [0.4, 0.5) is 0 Å². The van der Waals surface area contributed by atoms with Gasteiger partial charge < -0.3 is 0 Å². The van der Waals surface area contributed by atoms with E-state index in [1.54, 1.807) is 0 Å². The van der Waals surface area contributed by atoms with E-state index >= 15 is 0 Å². The molecule has 4 rings (SSSR count). The Balaban J connectivity index is 2.08. The van der Waals surface area contributed by atoms with Gasteiger partial charge in [0.2, 0.25) is 0 Å². The van der Waals surface area contributed by atoms with Crippen LogP contribution in [0, 0.1) is 6.92 Å². The van der Waals surface area contributed by atoms with Gasteiger partial charge in [0, 0.05) is 5.41 Å². The van der Waals surface area contributed by atoms with E-state index in [1.165, 1.54) is 33.4 Å². The Kier molecular flexibility index (Phi) is 3.20. The van der Waals surface area contributed by atoms with E-state index in [0.717, 1.165) is 0 Å². The molecular formula is C23H20. The monoisotopic (exact) mass is 296 g/mol. The number of fused-ring (bicyclic) bond motifs is 2. The van der Waals surface area contributed by atoms with Crippen molar-refractivity contribution in [2.24, 2.45) is 0 Å². The summed E-state index contributed by atoms with van der Waals surface area (Å²) < 4.78 is 0. The van der Waals surface area contributed by atoms with Crippen LogP contribution in [0.1, 0.15) is 40.3 Å². The van der Waals surface area contributed by atoms with E-state index in [9.17, 15) is 0 Å². The number of hydrogen-bond donors (Lipinski definition) is 0. The molecular weight excluding hydrogens is 276 g/mol. The Hall–Kier alpha value is -2.60. The molecule has 0 nitrogen and oxygen atoms in total. The summed E-state index contributed by atoms with van der Waals surface area (Å²) in [5.41, 5.74) is 7.82. The van der Waals surface area contributed by atoms with Gasteiger partial charge in [-0.05, 0) is 41.7 Å². The molecule has 0 saturated carbocycles. The first-order valence-electron chi connectivity index (χ1n) is 8.14. The van der Waals surface area contributed by atoms with Gasteiger partial charge in [0.15, 0.2) is 0 Å². The zero-order chi connectivity index (χ0) is 15.9. The van der Waals surface area contributed by atoms with Crippen molar-refractivity contribution in [2.75, 3.05) is 0 Å². The standard InChI is InChI=1S/C23H20/c1-17-11-15-20(16-12-17)23(2)21-9-5-3-7-18(21)13-14-19-8-4-6-10-22(19)23/h3-16H,1-2H3. The van der Waals surface area contributed by atoms with Crippen molar-refractivity contribution < 1.29 is 0 Å². The second-order valence-electron chi connectivity index (χ2n) is 6.50. The van der Waals surface area contributed by atoms with Crippen LogP contribution in [0.3, 0.4) is 0 Å². The summed E-state index contributed by atoms with van der Waals surface area (Å²) in [6.45, 7) is 4.49. The lowest BCUT2D eigenvalue weighted by Crippen LogP contribution is -2.26. The highest BCUT2D eigenvalue weighted by atomic mass is 14.4. The molecule has 3 aromatic carbocycles. The van der Waals surface area contributed by atoms with Crippen LogP contribution in [0.25, 0.3) is 12.2 Å². The van der Waals surface area contributed by atoms with E-state index in [2.05, 4.69) is 98.8 Å². The van der Waals surface area contributed by atoms with E-state index in [4.69, 9.17) is 0 Å².